The number of amides is 1. The monoisotopic (exact) mass is 293 g/mol. The van der Waals surface area contributed by atoms with Crippen LogP contribution in [0.2, 0.25) is 0 Å². The molecule has 104 valence electrons. The van der Waals surface area contributed by atoms with Gasteiger partial charge in [0.15, 0.2) is 0 Å². The maximum absolute atomic E-state index is 12.7. The number of carbonyl (C=O) groups is 1. The van der Waals surface area contributed by atoms with Gasteiger partial charge in [0.2, 0.25) is 0 Å². The Balaban J connectivity index is 2.22. The normalized spacial score (nSPS) is 11.1. The highest BCUT2D eigenvalue weighted by Gasteiger charge is 2.18. The predicted molar refractivity (Wildman–Crippen MR) is 72.2 cm³/mol. The Morgan fingerprint density at radius 1 is 1.00 bits per heavy atom. The van der Waals surface area contributed by atoms with Gasteiger partial charge >= 0.3 is 0 Å². The zero-order valence-corrected chi connectivity index (χ0v) is 11.4. The number of hydrogen-bond donors (Lipinski definition) is 1. The predicted octanol–water partition coefficient (Wildman–Crippen LogP) is 2.25. The van der Waals surface area contributed by atoms with E-state index in [-0.39, 0.29) is 10.5 Å². The summed E-state index contributed by atoms with van der Waals surface area (Å²) < 4.78 is 38.7. The molecule has 0 saturated heterocycles. The summed E-state index contributed by atoms with van der Waals surface area (Å²) in [6, 6.07) is 10.7. The average Bonchev–Trinajstić information content (AvgIpc) is 2.39. The topological polar surface area (TPSA) is 63.2 Å². The molecule has 0 aliphatic heterocycles. The third kappa shape index (κ3) is 3.21. The molecule has 0 aliphatic carbocycles. The van der Waals surface area contributed by atoms with Gasteiger partial charge in [-0.3, -0.25) is 4.79 Å². The zero-order chi connectivity index (χ0) is 14.8. The van der Waals surface area contributed by atoms with Crippen molar-refractivity contribution in [2.45, 2.75) is 11.8 Å². The van der Waals surface area contributed by atoms with E-state index in [1.54, 1.807) is 12.1 Å². The lowest BCUT2D eigenvalue weighted by Crippen LogP contribution is -2.30. The van der Waals surface area contributed by atoms with Crippen LogP contribution in [-0.2, 0) is 10.0 Å². The number of hydrogen-bond acceptors (Lipinski definition) is 3. The molecule has 0 heterocycles. The molecule has 0 bridgehead atoms. The number of benzene rings is 2. The molecule has 0 fully saturated rings. The van der Waals surface area contributed by atoms with Crippen molar-refractivity contribution in [1.82, 2.24) is 4.72 Å². The van der Waals surface area contributed by atoms with E-state index in [4.69, 9.17) is 0 Å². The maximum Gasteiger partial charge on any atom is 0.265 e. The van der Waals surface area contributed by atoms with E-state index in [0.29, 0.717) is 0 Å². The van der Waals surface area contributed by atoms with Crippen LogP contribution in [0.1, 0.15) is 15.9 Å². The minimum atomic E-state index is -3.93. The number of sulfonamides is 1. The van der Waals surface area contributed by atoms with Crippen LogP contribution in [0.15, 0.2) is 53.4 Å². The summed E-state index contributed by atoms with van der Waals surface area (Å²) in [4.78, 5) is 11.8. The summed E-state index contributed by atoms with van der Waals surface area (Å²) in [5, 5.41) is 0. The van der Waals surface area contributed by atoms with E-state index in [9.17, 15) is 17.6 Å². The minimum Gasteiger partial charge on any atom is -0.268 e. The van der Waals surface area contributed by atoms with Gasteiger partial charge < -0.3 is 0 Å². The van der Waals surface area contributed by atoms with Crippen LogP contribution in [0.3, 0.4) is 0 Å². The van der Waals surface area contributed by atoms with E-state index < -0.39 is 21.7 Å². The van der Waals surface area contributed by atoms with Crippen molar-refractivity contribution >= 4 is 15.9 Å². The molecule has 2 aromatic carbocycles. The Kier molecular flexibility index (Phi) is 3.85. The second kappa shape index (κ2) is 5.42. The molecule has 20 heavy (non-hydrogen) atoms. The largest absolute Gasteiger partial charge is 0.268 e. The Labute approximate surface area is 116 Å². The number of rotatable bonds is 3. The first kappa shape index (κ1) is 14.2. The van der Waals surface area contributed by atoms with Gasteiger partial charge in [-0.1, -0.05) is 17.7 Å². The lowest BCUT2D eigenvalue weighted by molar-refractivity contribution is 0.0981. The second-order valence-corrected chi connectivity index (χ2v) is 5.94. The van der Waals surface area contributed by atoms with Crippen molar-refractivity contribution in [2.75, 3.05) is 0 Å². The standard InChI is InChI=1S/C14H12FNO3S/c1-10-2-8-13(9-3-10)20(18,19)16-14(17)11-4-6-12(15)7-5-11/h2-9H,1H3,(H,16,17). The van der Waals surface area contributed by atoms with Crippen molar-refractivity contribution in [2.24, 2.45) is 0 Å². The van der Waals surface area contributed by atoms with Crippen LogP contribution in [0.4, 0.5) is 4.39 Å². The highest BCUT2D eigenvalue weighted by atomic mass is 32.2. The summed E-state index contributed by atoms with van der Waals surface area (Å²) >= 11 is 0. The van der Waals surface area contributed by atoms with Gasteiger partial charge in [0, 0.05) is 5.56 Å². The van der Waals surface area contributed by atoms with Crippen molar-refractivity contribution in [3.63, 3.8) is 0 Å². The summed E-state index contributed by atoms with van der Waals surface area (Å²) in [7, 11) is -3.93. The average molecular weight is 293 g/mol. The molecule has 4 nitrogen and oxygen atoms in total. The number of nitrogens with one attached hydrogen (secondary N) is 1. The molecule has 0 aliphatic rings. The highest BCUT2D eigenvalue weighted by Crippen LogP contribution is 2.11. The van der Waals surface area contributed by atoms with Gasteiger partial charge in [-0.15, -0.1) is 0 Å². The van der Waals surface area contributed by atoms with Gasteiger partial charge in [0.05, 0.1) is 4.90 Å². The third-order valence-corrected chi connectivity index (χ3v) is 4.01. The van der Waals surface area contributed by atoms with Crippen molar-refractivity contribution in [3.8, 4) is 0 Å². The SMILES string of the molecule is Cc1ccc(S(=O)(=O)NC(=O)c2ccc(F)cc2)cc1. The Morgan fingerprint density at radius 3 is 2.10 bits per heavy atom. The lowest BCUT2D eigenvalue weighted by atomic mass is 10.2. The summed E-state index contributed by atoms with van der Waals surface area (Å²) in [6.07, 6.45) is 0. The van der Waals surface area contributed by atoms with E-state index in [2.05, 4.69) is 0 Å². The van der Waals surface area contributed by atoms with Crippen LogP contribution >= 0.6 is 0 Å². The molecule has 0 radical (unpaired) electrons. The van der Waals surface area contributed by atoms with Crippen molar-refractivity contribution < 1.29 is 17.6 Å². The van der Waals surface area contributed by atoms with Gasteiger partial charge in [-0.25, -0.2) is 17.5 Å². The third-order valence-electron chi connectivity index (χ3n) is 2.66. The van der Waals surface area contributed by atoms with E-state index in [1.807, 2.05) is 11.6 Å². The van der Waals surface area contributed by atoms with Gasteiger partial charge in [-0.2, -0.15) is 0 Å². The van der Waals surface area contributed by atoms with Gasteiger partial charge in [-0.05, 0) is 43.3 Å². The molecule has 0 atom stereocenters. The van der Waals surface area contributed by atoms with Crippen molar-refractivity contribution in [3.05, 3.63) is 65.5 Å². The van der Waals surface area contributed by atoms with Crippen LogP contribution in [0.5, 0.6) is 0 Å². The van der Waals surface area contributed by atoms with E-state index in [1.165, 1.54) is 24.3 Å². The quantitative estimate of drug-likeness (QED) is 0.944. The summed E-state index contributed by atoms with van der Waals surface area (Å²) in [5.74, 6) is -1.30. The lowest BCUT2D eigenvalue weighted by Gasteiger charge is -2.07. The Morgan fingerprint density at radius 2 is 1.55 bits per heavy atom. The molecule has 0 saturated carbocycles. The molecule has 0 unspecified atom stereocenters. The first-order valence-electron chi connectivity index (χ1n) is 5.78. The summed E-state index contributed by atoms with van der Waals surface area (Å²) in [6.45, 7) is 1.83. The Hall–Kier alpha value is -2.21. The smallest absolute Gasteiger partial charge is 0.265 e. The van der Waals surface area contributed by atoms with Crippen LogP contribution in [0.25, 0.3) is 0 Å². The maximum atomic E-state index is 12.7. The second-order valence-electron chi connectivity index (χ2n) is 4.25. The molecule has 1 amide bonds. The van der Waals surface area contributed by atoms with Crippen LogP contribution < -0.4 is 4.72 Å². The highest BCUT2D eigenvalue weighted by molar-refractivity contribution is 7.90. The van der Waals surface area contributed by atoms with Crippen LogP contribution in [-0.4, -0.2) is 14.3 Å². The number of halogens is 1. The van der Waals surface area contributed by atoms with Crippen LogP contribution in [0, 0.1) is 12.7 Å². The molecular formula is C14H12FNO3S. The van der Waals surface area contributed by atoms with E-state index in [0.717, 1.165) is 17.7 Å². The molecule has 2 rings (SSSR count). The van der Waals surface area contributed by atoms with Gasteiger partial charge in [0.25, 0.3) is 15.9 Å². The van der Waals surface area contributed by atoms with Gasteiger partial charge in [0.1, 0.15) is 5.82 Å². The molecule has 2 aromatic rings. The first-order chi connectivity index (χ1) is 9.38. The summed E-state index contributed by atoms with van der Waals surface area (Å²) in [5.41, 5.74) is 0.982. The fourth-order valence-electron chi connectivity index (χ4n) is 1.56. The van der Waals surface area contributed by atoms with Crippen molar-refractivity contribution in [1.29, 1.82) is 0 Å². The Bertz CT molecular complexity index is 722. The van der Waals surface area contributed by atoms with E-state index >= 15 is 0 Å². The fourth-order valence-corrected chi connectivity index (χ4v) is 2.53. The molecule has 0 spiro atoms. The first-order valence-corrected chi connectivity index (χ1v) is 7.26. The molecule has 6 heteroatoms. The number of carbonyl (C=O) groups excluding carboxylic acids is 1. The molecule has 1 N–H and O–H groups in total. The fraction of sp³-hybridized carbons (Fsp3) is 0.0714. The zero-order valence-electron chi connectivity index (χ0n) is 10.6. The molecular weight excluding hydrogens is 281 g/mol. The molecule has 0 aromatic heterocycles. The number of aryl methyl sites for hydroxylation is 1. The minimum absolute atomic E-state index is 0.00133.